The van der Waals surface area contributed by atoms with Gasteiger partial charge >= 0.3 is 6.03 Å². The lowest BCUT2D eigenvalue weighted by molar-refractivity contribution is -0.120. The Labute approximate surface area is 206 Å². The summed E-state index contributed by atoms with van der Waals surface area (Å²) >= 11 is 0. The smallest absolute Gasteiger partial charge is 0.315 e. The summed E-state index contributed by atoms with van der Waals surface area (Å²) in [5, 5.41) is 9.51. The van der Waals surface area contributed by atoms with Crippen LogP contribution >= 0.6 is 0 Å². The first-order valence-electron chi connectivity index (χ1n) is 11.1. The van der Waals surface area contributed by atoms with Gasteiger partial charge in [0, 0.05) is 18.3 Å². The van der Waals surface area contributed by atoms with Crippen molar-refractivity contribution in [2.45, 2.75) is 6.54 Å². The third-order valence-electron chi connectivity index (χ3n) is 5.12. The first-order chi connectivity index (χ1) is 17.5. The van der Waals surface area contributed by atoms with Crippen molar-refractivity contribution in [1.29, 1.82) is 0 Å². The number of urea groups is 1. The van der Waals surface area contributed by atoms with Gasteiger partial charge < -0.3 is 10.6 Å². The van der Waals surface area contributed by atoms with Crippen molar-refractivity contribution in [3.05, 3.63) is 108 Å². The lowest BCUT2D eigenvalue weighted by Crippen LogP contribution is -2.47. The van der Waals surface area contributed by atoms with E-state index in [2.05, 4.69) is 26.6 Å². The molecule has 0 atom stereocenters. The number of halogens is 1. The number of benzene rings is 3. The van der Waals surface area contributed by atoms with Crippen LogP contribution in [0.2, 0.25) is 0 Å². The third-order valence-corrected chi connectivity index (χ3v) is 5.12. The fourth-order valence-electron chi connectivity index (χ4n) is 3.31. The fraction of sp³-hybridized carbons (Fsp3) is 0.0769. The molecule has 0 fully saturated rings. The monoisotopic (exact) mass is 486 g/mol. The standard InChI is InChI=1S/C26H23FN6O3/c27-20-13-11-18(12-14-20)15-28-26(36)29-16-23(34)30-31-25(35)22-17-33(21-9-5-2-6-10-21)32-24(22)19-7-3-1-4-8-19/h1-14,17H,15-16H2,(H,30,34)(H,31,35)(H2,28,29,36). The number of carbonyl (C=O) groups excluding carboxylic acids is 3. The van der Waals surface area contributed by atoms with Crippen molar-refractivity contribution in [1.82, 2.24) is 31.3 Å². The summed E-state index contributed by atoms with van der Waals surface area (Å²) in [6.07, 6.45) is 1.58. The highest BCUT2D eigenvalue weighted by Gasteiger charge is 2.19. The molecule has 1 aromatic heterocycles. The molecule has 0 saturated heterocycles. The Bertz CT molecular complexity index is 1340. The summed E-state index contributed by atoms with van der Waals surface area (Å²) in [5.74, 6) is -1.56. The van der Waals surface area contributed by atoms with Crippen LogP contribution in [0.4, 0.5) is 9.18 Å². The van der Waals surface area contributed by atoms with Crippen LogP contribution in [0, 0.1) is 5.82 Å². The minimum atomic E-state index is -0.628. The second-order valence-electron chi connectivity index (χ2n) is 7.70. The zero-order valence-electron chi connectivity index (χ0n) is 19.1. The summed E-state index contributed by atoms with van der Waals surface area (Å²) in [5.41, 5.74) is 7.57. The van der Waals surface area contributed by atoms with E-state index in [9.17, 15) is 18.8 Å². The molecular weight excluding hydrogens is 463 g/mol. The molecule has 3 aromatic carbocycles. The average Bonchev–Trinajstić information content (AvgIpc) is 3.37. The summed E-state index contributed by atoms with van der Waals surface area (Å²) in [6, 6.07) is 23.6. The number of nitrogens with one attached hydrogen (secondary N) is 4. The number of hydrazine groups is 1. The molecule has 182 valence electrons. The van der Waals surface area contributed by atoms with Gasteiger partial charge in [0.15, 0.2) is 0 Å². The van der Waals surface area contributed by atoms with Crippen LogP contribution in [0.25, 0.3) is 16.9 Å². The Balaban J connectivity index is 1.33. The van der Waals surface area contributed by atoms with Crippen LogP contribution in [0.3, 0.4) is 0 Å². The maximum atomic E-state index is 12.9. The quantitative estimate of drug-likeness (QED) is 0.301. The van der Waals surface area contributed by atoms with Gasteiger partial charge in [0.25, 0.3) is 11.8 Å². The molecule has 0 aliphatic rings. The molecule has 0 saturated carbocycles. The number of amides is 4. The molecule has 4 rings (SSSR count). The zero-order valence-corrected chi connectivity index (χ0v) is 19.1. The molecule has 4 N–H and O–H groups in total. The topological polar surface area (TPSA) is 117 Å². The Morgan fingerprint density at radius 3 is 2.17 bits per heavy atom. The van der Waals surface area contributed by atoms with E-state index in [0.717, 1.165) is 11.3 Å². The Kier molecular flexibility index (Phi) is 7.66. The van der Waals surface area contributed by atoms with Gasteiger partial charge in [-0.1, -0.05) is 60.7 Å². The largest absolute Gasteiger partial charge is 0.334 e. The first kappa shape index (κ1) is 24.1. The van der Waals surface area contributed by atoms with E-state index >= 15 is 0 Å². The second-order valence-corrected chi connectivity index (χ2v) is 7.70. The van der Waals surface area contributed by atoms with Crippen molar-refractivity contribution in [3.8, 4) is 16.9 Å². The molecule has 0 spiro atoms. The first-order valence-corrected chi connectivity index (χ1v) is 11.1. The van der Waals surface area contributed by atoms with Crippen molar-refractivity contribution in [2.75, 3.05) is 6.54 Å². The number of hydrogen-bond acceptors (Lipinski definition) is 4. The number of carbonyl (C=O) groups is 3. The van der Waals surface area contributed by atoms with E-state index in [-0.39, 0.29) is 24.5 Å². The van der Waals surface area contributed by atoms with Gasteiger partial charge in [-0.3, -0.25) is 20.4 Å². The molecule has 1 heterocycles. The number of aromatic nitrogens is 2. The normalized spacial score (nSPS) is 10.4. The maximum Gasteiger partial charge on any atom is 0.315 e. The van der Waals surface area contributed by atoms with Crippen molar-refractivity contribution >= 4 is 17.8 Å². The number of para-hydroxylation sites is 1. The van der Waals surface area contributed by atoms with Gasteiger partial charge in [-0.05, 0) is 29.8 Å². The minimum Gasteiger partial charge on any atom is -0.334 e. The molecule has 0 aliphatic carbocycles. The summed E-state index contributed by atoms with van der Waals surface area (Å²) in [7, 11) is 0. The average molecular weight is 487 g/mol. The van der Waals surface area contributed by atoms with Gasteiger partial charge in [-0.25, -0.2) is 13.9 Å². The molecule has 0 aliphatic heterocycles. The van der Waals surface area contributed by atoms with E-state index in [1.165, 1.54) is 12.1 Å². The van der Waals surface area contributed by atoms with Crippen LogP contribution in [0.15, 0.2) is 91.1 Å². The predicted molar refractivity (Wildman–Crippen MR) is 131 cm³/mol. The van der Waals surface area contributed by atoms with Gasteiger partial charge in [-0.15, -0.1) is 0 Å². The van der Waals surface area contributed by atoms with E-state index in [1.54, 1.807) is 23.0 Å². The summed E-state index contributed by atoms with van der Waals surface area (Å²) in [4.78, 5) is 37.0. The van der Waals surface area contributed by atoms with Gasteiger partial charge in [0.1, 0.15) is 18.1 Å². The lowest BCUT2D eigenvalue weighted by Gasteiger charge is -2.09. The van der Waals surface area contributed by atoms with E-state index in [0.29, 0.717) is 11.3 Å². The van der Waals surface area contributed by atoms with Gasteiger partial charge in [-0.2, -0.15) is 5.10 Å². The van der Waals surface area contributed by atoms with Gasteiger partial charge in [0.2, 0.25) is 0 Å². The van der Waals surface area contributed by atoms with E-state index in [4.69, 9.17) is 0 Å². The zero-order chi connectivity index (χ0) is 25.3. The van der Waals surface area contributed by atoms with Crippen molar-refractivity contribution in [3.63, 3.8) is 0 Å². The molecule has 9 nitrogen and oxygen atoms in total. The summed E-state index contributed by atoms with van der Waals surface area (Å²) < 4.78 is 14.5. The lowest BCUT2D eigenvalue weighted by atomic mass is 10.1. The molecule has 0 bridgehead atoms. The highest BCUT2D eigenvalue weighted by Crippen LogP contribution is 2.23. The summed E-state index contributed by atoms with van der Waals surface area (Å²) in [6.45, 7) is -0.206. The number of rotatable bonds is 7. The molecule has 0 radical (unpaired) electrons. The Morgan fingerprint density at radius 1 is 0.806 bits per heavy atom. The molecule has 0 unspecified atom stereocenters. The van der Waals surface area contributed by atoms with Crippen molar-refractivity contribution < 1.29 is 18.8 Å². The fourth-order valence-corrected chi connectivity index (χ4v) is 3.31. The van der Waals surface area contributed by atoms with Crippen LogP contribution in [-0.4, -0.2) is 34.2 Å². The second kappa shape index (κ2) is 11.4. The van der Waals surface area contributed by atoms with E-state index < -0.39 is 17.8 Å². The van der Waals surface area contributed by atoms with E-state index in [1.807, 2.05) is 60.7 Å². The molecule has 4 aromatic rings. The van der Waals surface area contributed by atoms with Crippen LogP contribution in [0.1, 0.15) is 15.9 Å². The third kappa shape index (κ3) is 6.32. The van der Waals surface area contributed by atoms with Crippen LogP contribution in [-0.2, 0) is 11.3 Å². The molecule has 10 heteroatoms. The minimum absolute atomic E-state index is 0.165. The van der Waals surface area contributed by atoms with Crippen LogP contribution in [0.5, 0.6) is 0 Å². The highest BCUT2D eigenvalue weighted by molar-refractivity contribution is 6.00. The molecule has 36 heavy (non-hydrogen) atoms. The molecule has 4 amide bonds. The Hall–Kier alpha value is -4.99. The number of hydrogen-bond donors (Lipinski definition) is 4. The van der Waals surface area contributed by atoms with Gasteiger partial charge in [0.05, 0.1) is 11.3 Å². The molecular formula is C26H23FN6O3. The Morgan fingerprint density at radius 2 is 1.47 bits per heavy atom. The predicted octanol–water partition coefficient (Wildman–Crippen LogP) is 2.94. The maximum absolute atomic E-state index is 12.9. The van der Waals surface area contributed by atoms with Crippen molar-refractivity contribution in [2.24, 2.45) is 0 Å². The number of nitrogens with zero attached hydrogens (tertiary/aromatic N) is 2. The van der Waals surface area contributed by atoms with Crippen LogP contribution < -0.4 is 21.5 Å². The SMILES string of the molecule is O=C(CNC(=O)NCc1ccc(F)cc1)NNC(=O)c1cn(-c2ccccc2)nc1-c1ccccc1. The highest BCUT2D eigenvalue weighted by atomic mass is 19.1.